The number of unbranched alkanes of at least 4 members (excludes halogenated alkanes) is 1. The summed E-state index contributed by atoms with van der Waals surface area (Å²) in [5.74, 6) is -1.82. The zero-order chi connectivity index (χ0) is 26.3. The van der Waals surface area contributed by atoms with E-state index in [-0.39, 0.29) is 39.4 Å². The number of carbonyl (C=O) groups is 2. The summed E-state index contributed by atoms with van der Waals surface area (Å²) in [4.78, 5) is 27.4. The van der Waals surface area contributed by atoms with Crippen LogP contribution in [-0.2, 0) is 6.42 Å². The average Bonchev–Trinajstić information content (AvgIpc) is 2.89. The number of phenolic OH excluding ortho intramolecular Hbond substituents is 2. The molecule has 37 heavy (non-hydrogen) atoms. The van der Waals surface area contributed by atoms with E-state index in [1.807, 2.05) is 55.5 Å². The lowest BCUT2D eigenvalue weighted by molar-refractivity contribution is 0.0975. The van der Waals surface area contributed by atoms with E-state index in [2.05, 4.69) is 12.2 Å². The van der Waals surface area contributed by atoms with Crippen LogP contribution < -0.4 is 11.1 Å². The number of nitrogens with one attached hydrogen (secondary N) is 1. The van der Waals surface area contributed by atoms with E-state index in [0.29, 0.717) is 16.8 Å². The maximum Gasteiger partial charge on any atom is 0.200 e. The van der Waals surface area contributed by atoms with Gasteiger partial charge in [0.15, 0.2) is 0 Å². The number of nitrogens with two attached hydrogens (primary N) is 1. The zero-order valence-corrected chi connectivity index (χ0v) is 20.8. The predicted octanol–water partition coefficient (Wildman–Crippen LogP) is 6.52. The molecule has 0 saturated carbocycles. The second-order valence-electron chi connectivity index (χ2n) is 9.44. The highest BCUT2D eigenvalue weighted by Gasteiger charge is 2.38. The number of aromatic hydroxyl groups is 2. The highest BCUT2D eigenvalue weighted by Crippen LogP contribution is 2.46. The van der Waals surface area contributed by atoms with Crippen LogP contribution in [0.3, 0.4) is 0 Å². The van der Waals surface area contributed by atoms with Crippen molar-refractivity contribution in [1.29, 1.82) is 0 Å². The van der Waals surface area contributed by atoms with Gasteiger partial charge in [0.2, 0.25) is 11.6 Å². The SMILES string of the molecule is CCCCc1ccc(Nc2cc(-c3ccc(C)cc3)c(O)c3c2C(=O)c2c(O)ccc(N)c2C3=O)cc1. The highest BCUT2D eigenvalue weighted by atomic mass is 16.3. The molecule has 5 rings (SSSR count). The third-order valence-electron chi connectivity index (χ3n) is 6.84. The van der Waals surface area contributed by atoms with Gasteiger partial charge in [0, 0.05) is 16.9 Å². The molecule has 0 atom stereocenters. The molecule has 5 N–H and O–H groups in total. The number of fused-ring (bicyclic) bond motifs is 2. The number of carbonyl (C=O) groups excluding carboxylic acids is 2. The highest BCUT2D eigenvalue weighted by molar-refractivity contribution is 6.34. The number of nitrogen functional groups attached to an aromatic ring is 1. The van der Waals surface area contributed by atoms with Crippen LogP contribution in [0.4, 0.5) is 17.1 Å². The van der Waals surface area contributed by atoms with Gasteiger partial charge in [-0.05, 0) is 61.2 Å². The van der Waals surface area contributed by atoms with Gasteiger partial charge >= 0.3 is 0 Å². The first-order valence-corrected chi connectivity index (χ1v) is 12.3. The molecule has 4 aromatic rings. The Morgan fingerprint density at radius 3 is 2.16 bits per heavy atom. The monoisotopic (exact) mass is 492 g/mol. The molecule has 1 aliphatic rings. The minimum Gasteiger partial charge on any atom is -0.507 e. The lowest BCUT2D eigenvalue weighted by Gasteiger charge is -2.25. The predicted molar refractivity (Wildman–Crippen MR) is 146 cm³/mol. The van der Waals surface area contributed by atoms with Gasteiger partial charge < -0.3 is 21.3 Å². The molecule has 4 aromatic carbocycles. The molecule has 186 valence electrons. The first kappa shape index (κ1) is 24.1. The van der Waals surface area contributed by atoms with Gasteiger partial charge in [0.1, 0.15) is 11.5 Å². The van der Waals surface area contributed by atoms with Crippen LogP contribution in [0.25, 0.3) is 11.1 Å². The standard InChI is InChI=1S/C31H28N2O4/c1-3-4-5-18-8-12-20(13-9-18)33-23-16-21(19-10-6-17(2)7-11-19)29(35)28-26(23)31(37)27-24(34)15-14-22(32)25(27)30(28)36/h6-16,33-35H,3-5,32H2,1-2H3. The van der Waals surface area contributed by atoms with Crippen LogP contribution in [0.5, 0.6) is 11.5 Å². The quantitative estimate of drug-likeness (QED) is 0.159. The zero-order valence-electron chi connectivity index (χ0n) is 20.8. The van der Waals surface area contributed by atoms with Gasteiger partial charge in [-0.25, -0.2) is 0 Å². The van der Waals surface area contributed by atoms with E-state index < -0.39 is 11.6 Å². The van der Waals surface area contributed by atoms with Crippen molar-refractivity contribution < 1.29 is 19.8 Å². The average molecular weight is 493 g/mol. The molecule has 6 nitrogen and oxygen atoms in total. The number of hydrogen-bond acceptors (Lipinski definition) is 6. The molecule has 0 aliphatic heterocycles. The molecule has 0 heterocycles. The van der Waals surface area contributed by atoms with Crippen LogP contribution >= 0.6 is 0 Å². The van der Waals surface area contributed by atoms with E-state index in [9.17, 15) is 19.8 Å². The van der Waals surface area contributed by atoms with Crippen LogP contribution in [0.15, 0.2) is 66.7 Å². The van der Waals surface area contributed by atoms with E-state index >= 15 is 0 Å². The Morgan fingerprint density at radius 2 is 1.49 bits per heavy atom. The largest absolute Gasteiger partial charge is 0.507 e. The first-order valence-electron chi connectivity index (χ1n) is 12.3. The smallest absolute Gasteiger partial charge is 0.200 e. The molecule has 1 aliphatic carbocycles. The third-order valence-corrected chi connectivity index (χ3v) is 6.84. The van der Waals surface area contributed by atoms with Gasteiger partial charge in [0.25, 0.3) is 0 Å². The number of rotatable bonds is 6. The minimum absolute atomic E-state index is 0.00169. The summed E-state index contributed by atoms with van der Waals surface area (Å²) in [7, 11) is 0. The molecular weight excluding hydrogens is 464 g/mol. The maximum atomic E-state index is 13.7. The van der Waals surface area contributed by atoms with Crippen molar-refractivity contribution in [3.05, 3.63) is 100 Å². The summed E-state index contributed by atoms with van der Waals surface area (Å²) in [6.45, 7) is 4.11. The van der Waals surface area contributed by atoms with E-state index in [0.717, 1.165) is 30.5 Å². The molecule has 0 fully saturated rings. The normalized spacial score (nSPS) is 12.3. The fourth-order valence-electron chi connectivity index (χ4n) is 4.80. The van der Waals surface area contributed by atoms with Crippen LogP contribution in [-0.4, -0.2) is 21.8 Å². The van der Waals surface area contributed by atoms with Crippen molar-refractivity contribution in [1.82, 2.24) is 0 Å². The number of anilines is 3. The summed E-state index contributed by atoms with van der Waals surface area (Å²) in [6, 6.07) is 19.8. The van der Waals surface area contributed by atoms with Crippen molar-refractivity contribution in [2.75, 3.05) is 11.1 Å². The molecule has 0 aromatic heterocycles. The fourth-order valence-corrected chi connectivity index (χ4v) is 4.80. The summed E-state index contributed by atoms with van der Waals surface area (Å²) >= 11 is 0. The molecule has 0 spiro atoms. The Balaban J connectivity index is 1.71. The molecule has 0 amide bonds. The van der Waals surface area contributed by atoms with Crippen LogP contribution in [0, 0.1) is 6.92 Å². The fraction of sp³-hybridized carbons (Fsp3) is 0.161. The lowest BCUT2D eigenvalue weighted by Crippen LogP contribution is -2.24. The number of ketones is 2. The second-order valence-corrected chi connectivity index (χ2v) is 9.44. The van der Waals surface area contributed by atoms with E-state index in [4.69, 9.17) is 5.73 Å². The van der Waals surface area contributed by atoms with E-state index in [1.165, 1.54) is 17.7 Å². The molecule has 0 unspecified atom stereocenters. The molecule has 0 saturated heterocycles. The second kappa shape index (κ2) is 9.47. The van der Waals surface area contributed by atoms with Gasteiger partial charge in [-0.2, -0.15) is 0 Å². The molecule has 6 heteroatoms. The number of hydrogen-bond donors (Lipinski definition) is 4. The molecule has 0 radical (unpaired) electrons. The summed E-state index contributed by atoms with van der Waals surface area (Å²) in [5.41, 5.74) is 10.2. The van der Waals surface area contributed by atoms with Gasteiger partial charge in [-0.1, -0.05) is 55.3 Å². The van der Waals surface area contributed by atoms with Crippen LogP contribution in [0.1, 0.15) is 62.7 Å². The summed E-state index contributed by atoms with van der Waals surface area (Å²) < 4.78 is 0. The van der Waals surface area contributed by atoms with Crippen molar-refractivity contribution in [3.8, 4) is 22.6 Å². The Labute approximate surface area is 215 Å². The summed E-state index contributed by atoms with van der Waals surface area (Å²) in [5, 5.41) is 25.1. The number of benzene rings is 4. The minimum atomic E-state index is -0.609. The topological polar surface area (TPSA) is 113 Å². The third kappa shape index (κ3) is 4.20. The number of aryl methyl sites for hydroxylation is 2. The van der Waals surface area contributed by atoms with Crippen LogP contribution in [0.2, 0.25) is 0 Å². The van der Waals surface area contributed by atoms with Gasteiger partial charge in [-0.3, -0.25) is 9.59 Å². The van der Waals surface area contributed by atoms with Crippen molar-refractivity contribution >= 4 is 28.6 Å². The Hall–Kier alpha value is -4.58. The van der Waals surface area contributed by atoms with Crippen molar-refractivity contribution in [2.24, 2.45) is 0 Å². The van der Waals surface area contributed by atoms with E-state index in [1.54, 1.807) is 6.07 Å². The Bertz CT molecular complexity index is 1540. The molecular formula is C31H28N2O4. The Kier molecular flexibility index (Phi) is 6.17. The van der Waals surface area contributed by atoms with Crippen molar-refractivity contribution in [2.45, 2.75) is 33.1 Å². The Morgan fingerprint density at radius 1 is 0.811 bits per heavy atom. The number of phenols is 2. The van der Waals surface area contributed by atoms with Crippen molar-refractivity contribution in [3.63, 3.8) is 0 Å². The molecule has 0 bridgehead atoms. The lowest BCUT2D eigenvalue weighted by atomic mass is 9.79. The maximum absolute atomic E-state index is 13.7. The summed E-state index contributed by atoms with van der Waals surface area (Å²) in [6.07, 6.45) is 3.19. The first-order chi connectivity index (χ1) is 17.8. The van der Waals surface area contributed by atoms with Gasteiger partial charge in [-0.15, -0.1) is 0 Å². The van der Waals surface area contributed by atoms with Gasteiger partial charge in [0.05, 0.1) is 27.9 Å².